The van der Waals surface area contributed by atoms with Crippen LogP contribution < -0.4 is 0 Å². The van der Waals surface area contributed by atoms with Crippen LogP contribution in [0.15, 0.2) is 60.7 Å². The van der Waals surface area contributed by atoms with Crippen LogP contribution in [0.4, 0.5) is 0 Å². The van der Waals surface area contributed by atoms with E-state index >= 15 is 0 Å². The molecule has 0 aliphatic heterocycles. The number of Topliss-reactive ketones (excluding diaryl/α,β-unsaturated/α-hetero) is 2. The lowest BCUT2D eigenvalue weighted by Crippen LogP contribution is -2.71. The topological polar surface area (TPSA) is 225 Å². The van der Waals surface area contributed by atoms with Crippen LogP contribution in [-0.2, 0) is 28.7 Å². The maximum absolute atomic E-state index is 12.7. The maximum Gasteiger partial charge on any atom is 0.348 e. The van der Waals surface area contributed by atoms with Crippen LogP contribution in [-0.4, -0.2) is 116 Å². The van der Waals surface area contributed by atoms with Gasteiger partial charge in [0.2, 0.25) is 11.6 Å². The van der Waals surface area contributed by atoms with Gasteiger partial charge in [0.25, 0.3) is 11.2 Å². The van der Waals surface area contributed by atoms with Crippen LogP contribution in [0.2, 0.25) is 0 Å². The zero-order chi connectivity index (χ0) is 56.1. The minimum atomic E-state index is -3.95. The molecule has 2 aromatic rings. The lowest BCUT2D eigenvalue weighted by Gasteiger charge is -2.34. The fourth-order valence-corrected chi connectivity index (χ4v) is 9.31. The second-order valence-corrected chi connectivity index (χ2v) is 20.6. The van der Waals surface area contributed by atoms with E-state index in [4.69, 9.17) is 9.47 Å². The van der Waals surface area contributed by atoms with Crippen molar-refractivity contribution in [2.45, 2.75) is 250 Å². The Morgan fingerprint density at radius 3 is 1.18 bits per heavy atom. The molecule has 432 valence electrons. The van der Waals surface area contributed by atoms with Gasteiger partial charge >= 0.3 is 23.9 Å². The number of carbonyl (C=O) groups excluding carboxylic acids is 4. The number of rotatable bonds is 48. The quantitative estimate of drug-likeness (QED) is 0.0180. The molecule has 14 heteroatoms. The van der Waals surface area contributed by atoms with Crippen molar-refractivity contribution >= 4 is 35.4 Å². The molecule has 2 rings (SSSR count). The van der Waals surface area contributed by atoms with E-state index < -0.39 is 45.8 Å². The van der Waals surface area contributed by atoms with Crippen LogP contribution in [0.3, 0.4) is 0 Å². The molecule has 0 heterocycles. The Morgan fingerprint density at radius 2 is 0.789 bits per heavy atom. The van der Waals surface area contributed by atoms with Gasteiger partial charge in [0, 0.05) is 30.5 Å². The van der Waals surface area contributed by atoms with E-state index in [0.29, 0.717) is 26.0 Å². The standard InChI is InChI=1S/C44H87NO5.C18H14O8/c1-4-7-10-13-16-17-18-24-32-41-49-43(47)35-29-25-31-38-45(39-40-46)37-30-23-19-22-28-36-44(48)50-42(33-26-20-14-11-8-5-2)34-27-21-15-12-9-6-3;19-13(11-7-3-1-4-8-11)17(25,15(21)22)18(26,16(23)24)14(20)12-9-5-2-6-10-12/h42,46H,4-41H2,1-3H3;1-10,25-26H,(H,21,22)(H,23,24). The molecule has 2 aromatic carbocycles. The molecule has 0 spiro atoms. The van der Waals surface area contributed by atoms with E-state index in [-0.39, 0.29) is 24.6 Å². The molecule has 5 N–H and O–H groups in total. The third-order valence-electron chi connectivity index (χ3n) is 14.1. The highest BCUT2D eigenvalue weighted by atomic mass is 16.5. The summed E-state index contributed by atoms with van der Waals surface area (Å²) >= 11 is 0. The molecular weight excluding hydrogens is 967 g/mol. The number of carboxylic acid groups (broad SMARTS) is 2. The van der Waals surface area contributed by atoms with Gasteiger partial charge in [-0.1, -0.05) is 223 Å². The number of carboxylic acids is 2. The van der Waals surface area contributed by atoms with Crippen LogP contribution in [0.5, 0.6) is 0 Å². The third-order valence-corrected chi connectivity index (χ3v) is 14.1. The number of aliphatic hydroxyl groups excluding tert-OH is 1. The summed E-state index contributed by atoms with van der Waals surface area (Å²) in [4.78, 5) is 75.6. The molecule has 0 saturated carbocycles. The van der Waals surface area contributed by atoms with Gasteiger partial charge in [0.1, 0.15) is 6.10 Å². The normalized spacial score (nSPS) is 12.8. The Kier molecular flexibility index (Phi) is 40.7. The van der Waals surface area contributed by atoms with Gasteiger partial charge in [-0.15, -0.1) is 0 Å². The SMILES string of the molecule is CCCCCCCCCCCOC(=O)CCCCCN(CCO)CCCCCCCC(=O)OC(CCCCCCCC)CCCCCCCC.O=C(O)C(O)(C(=O)c1ccccc1)C(O)(C(=O)O)C(=O)c1ccccc1. The predicted molar refractivity (Wildman–Crippen MR) is 300 cm³/mol. The predicted octanol–water partition coefficient (Wildman–Crippen LogP) is 13.1. The fourth-order valence-electron chi connectivity index (χ4n) is 9.31. The summed E-state index contributed by atoms with van der Waals surface area (Å²) in [5.74, 6) is -8.07. The van der Waals surface area contributed by atoms with Crippen molar-refractivity contribution in [3.05, 3.63) is 71.8 Å². The number of nitrogens with zero attached hydrogens (tertiary/aromatic N) is 1. The molecule has 0 bridgehead atoms. The van der Waals surface area contributed by atoms with Crippen LogP contribution in [0.1, 0.15) is 253 Å². The fraction of sp³-hybridized carbons (Fsp3) is 0.710. The van der Waals surface area contributed by atoms with Gasteiger partial charge in [-0.2, -0.15) is 0 Å². The number of benzene rings is 2. The molecule has 0 saturated heterocycles. The number of carbonyl (C=O) groups is 6. The molecule has 0 fully saturated rings. The molecule has 2 unspecified atom stereocenters. The number of ether oxygens (including phenoxy) is 2. The summed E-state index contributed by atoms with van der Waals surface area (Å²) in [6.07, 6.45) is 38.4. The van der Waals surface area contributed by atoms with Gasteiger partial charge in [-0.05, 0) is 70.9 Å². The summed E-state index contributed by atoms with van der Waals surface area (Å²) < 4.78 is 11.4. The van der Waals surface area contributed by atoms with Crippen molar-refractivity contribution in [2.24, 2.45) is 0 Å². The molecule has 0 aliphatic carbocycles. The number of hydrogen-bond donors (Lipinski definition) is 5. The number of aliphatic carboxylic acids is 2. The molecule has 14 nitrogen and oxygen atoms in total. The number of ketones is 2. The van der Waals surface area contributed by atoms with Crippen molar-refractivity contribution in [1.29, 1.82) is 0 Å². The van der Waals surface area contributed by atoms with E-state index in [1.807, 2.05) is 0 Å². The minimum absolute atomic E-state index is 0.00755. The first-order valence-electron chi connectivity index (χ1n) is 29.5. The molecule has 0 aromatic heterocycles. The molecular formula is C62H101NO13. The Hall–Kier alpha value is -4.50. The highest BCUT2D eigenvalue weighted by Gasteiger charge is 2.69. The zero-order valence-electron chi connectivity index (χ0n) is 47.2. The zero-order valence-corrected chi connectivity index (χ0v) is 47.2. The second-order valence-electron chi connectivity index (χ2n) is 20.6. The summed E-state index contributed by atoms with van der Waals surface area (Å²) in [5, 5.41) is 49.4. The van der Waals surface area contributed by atoms with Crippen molar-refractivity contribution < 1.29 is 63.8 Å². The van der Waals surface area contributed by atoms with E-state index in [1.165, 1.54) is 158 Å². The number of esters is 2. The van der Waals surface area contributed by atoms with Crippen LogP contribution in [0.25, 0.3) is 0 Å². The Bertz CT molecular complexity index is 1740. The first kappa shape index (κ1) is 69.5. The van der Waals surface area contributed by atoms with E-state index in [2.05, 4.69) is 25.7 Å². The maximum atomic E-state index is 12.7. The highest BCUT2D eigenvalue weighted by molar-refractivity contribution is 6.28. The molecule has 0 amide bonds. The highest BCUT2D eigenvalue weighted by Crippen LogP contribution is 2.32. The smallest absolute Gasteiger partial charge is 0.348 e. The molecule has 2 atom stereocenters. The van der Waals surface area contributed by atoms with E-state index in [0.717, 1.165) is 114 Å². The minimum Gasteiger partial charge on any atom is -0.479 e. The molecule has 76 heavy (non-hydrogen) atoms. The van der Waals surface area contributed by atoms with Crippen molar-refractivity contribution in [3.8, 4) is 0 Å². The summed E-state index contributed by atoms with van der Waals surface area (Å²) in [5.41, 5.74) is -8.68. The van der Waals surface area contributed by atoms with Crippen molar-refractivity contribution in [2.75, 3.05) is 32.8 Å². The van der Waals surface area contributed by atoms with Crippen molar-refractivity contribution in [3.63, 3.8) is 0 Å². The Labute approximate surface area is 457 Å². The molecule has 0 aliphatic rings. The number of unbranched alkanes of at least 4 members (excludes halogenated alkanes) is 24. The Morgan fingerprint density at radius 1 is 0.447 bits per heavy atom. The average Bonchev–Trinajstić information content (AvgIpc) is 3.42. The number of aliphatic hydroxyl groups is 3. The van der Waals surface area contributed by atoms with Gasteiger partial charge in [0.15, 0.2) is 0 Å². The van der Waals surface area contributed by atoms with Gasteiger partial charge in [-0.25, -0.2) is 9.59 Å². The van der Waals surface area contributed by atoms with E-state index in [9.17, 15) is 54.3 Å². The lowest BCUT2D eigenvalue weighted by atomic mass is 9.73. The monoisotopic (exact) mass is 1070 g/mol. The van der Waals surface area contributed by atoms with Gasteiger partial charge in [0.05, 0.1) is 13.2 Å². The summed E-state index contributed by atoms with van der Waals surface area (Å²) in [6, 6.07) is 12.8. The largest absolute Gasteiger partial charge is 0.479 e. The molecule has 0 radical (unpaired) electrons. The third kappa shape index (κ3) is 29.3. The first-order valence-corrected chi connectivity index (χ1v) is 29.5. The average molecular weight is 1070 g/mol. The lowest BCUT2D eigenvalue weighted by molar-refractivity contribution is -0.187. The van der Waals surface area contributed by atoms with Gasteiger partial charge in [-0.3, -0.25) is 19.2 Å². The summed E-state index contributed by atoms with van der Waals surface area (Å²) in [6.45, 7) is 10.2. The van der Waals surface area contributed by atoms with Crippen molar-refractivity contribution in [1.82, 2.24) is 4.90 Å². The van der Waals surface area contributed by atoms with Gasteiger partial charge < -0.3 is 39.9 Å². The van der Waals surface area contributed by atoms with E-state index in [1.54, 1.807) is 0 Å². The van der Waals surface area contributed by atoms with Crippen LogP contribution >= 0.6 is 0 Å². The first-order chi connectivity index (χ1) is 36.7. The number of hydrogen-bond acceptors (Lipinski definition) is 12. The second kappa shape index (κ2) is 44.5. The summed E-state index contributed by atoms with van der Waals surface area (Å²) in [7, 11) is 0. The Balaban J connectivity index is 0.000000921. The van der Waals surface area contributed by atoms with Crippen LogP contribution in [0, 0.1) is 0 Å².